The molecule has 0 aromatic heterocycles. The largest absolute Gasteiger partial charge is 0.478 e. The lowest BCUT2D eigenvalue weighted by molar-refractivity contribution is 0.0632. The van der Waals surface area contributed by atoms with Gasteiger partial charge in [0.1, 0.15) is 5.60 Å². The number of carbonyl (C=O) groups is 2. The number of aromatic carboxylic acids is 1. The lowest BCUT2D eigenvalue weighted by atomic mass is 9.91. The van der Waals surface area contributed by atoms with E-state index < -0.39 is 17.7 Å². The number of nitrogens with one attached hydrogen (secondary N) is 1. The Kier molecular flexibility index (Phi) is 4.87. The second-order valence-corrected chi connectivity index (χ2v) is 6.08. The van der Waals surface area contributed by atoms with Crippen LogP contribution in [0.2, 0.25) is 0 Å². The minimum Gasteiger partial charge on any atom is -0.478 e. The third-order valence-electron chi connectivity index (χ3n) is 3.23. The highest BCUT2D eigenvalue weighted by Gasteiger charge is 2.23. The Morgan fingerprint density at radius 3 is 2.09 bits per heavy atom. The zero-order valence-corrected chi connectivity index (χ0v) is 13.7. The van der Waals surface area contributed by atoms with E-state index in [1.54, 1.807) is 41.5 Å². The van der Waals surface area contributed by atoms with Crippen LogP contribution in [0.15, 0.2) is 0 Å². The van der Waals surface area contributed by atoms with Gasteiger partial charge in [-0.1, -0.05) is 5.92 Å². The van der Waals surface area contributed by atoms with E-state index in [9.17, 15) is 14.7 Å². The molecule has 5 heteroatoms. The van der Waals surface area contributed by atoms with Gasteiger partial charge in [0.25, 0.3) is 0 Å². The van der Waals surface area contributed by atoms with Gasteiger partial charge in [-0.25, -0.2) is 9.59 Å². The van der Waals surface area contributed by atoms with Crippen LogP contribution in [0.4, 0.5) is 10.5 Å². The summed E-state index contributed by atoms with van der Waals surface area (Å²) >= 11 is 0. The van der Waals surface area contributed by atoms with E-state index in [2.05, 4.69) is 11.2 Å². The van der Waals surface area contributed by atoms with E-state index in [4.69, 9.17) is 11.2 Å². The molecule has 1 amide bonds. The van der Waals surface area contributed by atoms with Gasteiger partial charge < -0.3 is 9.84 Å². The molecular weight excluding hydrogens is 282 g/mol. The first-order valence-electron chi connectivity index (χ1n) is 6.83. The number of anilines is 1. The maximum absolute atomic E-state index is 12.0. The molecule has 0 unspecified atom stereocenters. The molecule has 0 fully saturated rings. The van der Waals surface area contributed by atoms with Gasteiger partial charge in [0, 0.05) is 5.56 Å². The summed E-state index contributed by atoms with van der Waals surface area (Å²) in [5.74, 6) is 1.41. The molecule has 0 heterocycles. The Morgan fingerprint density at radius 2 is 1.68 bits per heavy atom. The zero-order valence-electron chi connectivity index (χ0n) is 13.7. The van der Waals surface area contributed by atoms with Gasteiger partial charge >= 0.3 is 12.1 Å². The molecule has 118 valence electrons. The van der Waals surface area contributed by atoms with Crippen molar-refractivity contribution < 1.29 is 19.4 Å². The molecule has 0 radical (unpaired) electrons. The highest BCUT2D eigenvalue weighted by molar-refractivity contribution is 5.97. The summed E-state index contributed by atoms with van der Waals surface area (Å²) < 4.78 is 5.21. The normalized spacial score (nSPS) is 10.8. The van der Waals surface area contributed by atoms with Gasteiger partial charge in [-0.15, -0.1) is 6.42 Å². The fraction of sp³-hybridized carbons (Fsp3) is 0.412. The summed E-state index contributed by atoms with van der Waals surface area (Å²) in [6, 6.07) is 0. The third kappa shape index (κ3) is 3.59. The summed E-state index contributed by atoms with van der Waals surface area (Å²) in [6.45, 7) is 10.3. The van der Waals surface area contributed by atoms with Crippen molar-refractivity contribution in [1.82, 2.24) is 0 Å². The number of hydrogen-bond donors (Lipinski definition) is 2. The van der Waals surface area contributed by atoms with Crippen LogP contribution in [-0.4, -0.2) is 22.8 Å². The molecule has 1 aromatic rings. The minimum absolute atomic E-state index is 0.101. The summed E-state index contributed by atoms with van der Waals surface area (Å²) in [5, 5.41) is 12.0. The Hall–Kier alpha value is -2.48. The van der Waals surface area contributed by atoms with Crippen LogP contribution in [0.3, 0.4) is 0 Å². The number of rotatable bonds is 2. The molecule has 1 aromatic carbocycles. The van der Waals surface area contributed by atoms with Crippen molar-refractivity contribution in [2.24, 2.45) is 0 Å². The first-order valence-corrected chi connectivity index (χ1v) is 6.83. The van der Waals surface area contributed by atoms with Crippen LogP contribution in [0.25, 0.3) is 0 Å². The number of ether oxygens (including phenoxy) is 1. The molecule has 0 saturated carbocycles. The van der Waals surface area contributed by atoms with E-state index in [0.717, 1.165) is 0 Å². The lowest BCUT2D eigenvalue weighted by Crippen LogP contribution is -2.28. The lowest BCUT2D eigenvalue weighted by Gasteiger charge is -2.22. The summed E-state index contributed by atoms with van der Waals surface area (Å²) in [7, 11) is 0. The van der Waals surface area contributed by atoms with E-state index in [1.165, 1.54) is 0 Å². The molecule has 0 atom stereocenters. The van der Waals surface area contributed by atoms with Gasteiger partial charge in [0.05, 0.1) is 11.3 Å². The second-order valence-electron chi connectivity index (χ2n) is 6.08. The average molecular weight is 303 g/mol. The summed E-state index contributed by atoms with van der Waals surface area (Å²) in [5.41, 5.74) is 1.91. The Labute approximate surface area is 130 Å². The number of hydrogen-bond acceptors (Lipinski definition) is 3. The molecule has 0 aliphatic rings. The predicted molar refractivity (Wildman–Crippen MR) is 85.4 cm³/mol. The van der Waals surface area contributed by atoms with Crippen LogP contribution in [0, 0.1) is 33.1 Å². The first-order chi connectivity index (χ1) is 9.99. The quantitative estimate of drug-likeness (QED) is 0.818. The maximum Gasteiger partial charge on any atom is 0.412 e. The highest BCUT2D eigenvalue weighted by atomic mass is 16.6. The number of carbonyl (C=O) groups excluding carboxylic acids is 1. The van der Waals surface area contributed by atoms with Gasteiger partial charge in [-0.05, 0) is 58.2 Å². The molecule has 2 N–H and O–H groups in total. The number of carboxylic acid groups (broad SMARTS) is 1. The van der Waals surface area contributed by atoms with E-state index >= 15 is 0 Å². The fourth-order valence-corrected chi connectivity index (χ4v) is 2.35. The molecule has 1 rings (SSSR count). The number of terminal acetylenes is 1. The van der Waals surface area contributed by atoms with E-state index in [1.807, 2.05) is 0 Å². The molecule has 0 aliphatic heterocycles. The van der Waals surface area contributed by atoms with Crippen LogP contribution < -0.4 is 5.32 Å². The van der Waals surface area contributed by atoms with E-state index in [-0.39, 0.29) is 5.56 Å². The molecule has 0 spiro atoms. The molecule has 0 saturated heterocycles. The highest BCUT2D eigenvalue weighted by Crippen LogP contribution is 2.31. The Bertz CT molecular complexity index is 676. The van der Waals surface area contributed by atoms with E-state index in [0.29, 0.717) is 27.9 Å². The van der Waals surface area contributed by atoms with Gasteiger partial charge in [0.15, 0.2) is 0 Å². The minimum atomic E-state index is -1.08. The monoisotopic (exact) mass is 303 g/mol. The first kappa shape index (κ1) is 17.6. The second kappa shape index (κ2) is 6.10. The van der Waals surface area contributed by atoms with Crippen molar-refractivity contribution in [2.45, 2.75) is 47.1 Å². The van der Waals surface area contributed by atoms with Gasteiger partial charge in [-0.3, -0.25) is 5.32 Å². The van der Waals surface area contributed by atoms with Crippen LogP contribution in [-0.2, 0) is 4.74 Å². The maximum atomic E-state index is 12.0. The van der Waals surface area contributed by atoms with Crippen molar-refractivity contribution in [1.29, 1.82) is 0 Å². The van der Waals surface area contributed by atoms with Gasteiger partial charge in [0.2, 0.25) is 0 Å². The Morgan fingerprint density at radius 1 is 1.14 bits per heavy atom. The number of amides is 1. The van der Waals surface area contributed by atoms with Crippen molar-refractivity contribution in [3.63, 3.8) is 0 Å². The van der Waals surface area contributed by atoms with Crippen LogP contribution in [0.1, 0.15) is 53.4 Å². The smallest absolute Gasteiger partial charge is 0.412 e. The molecule has 5 nitrogen and oxygen atoms in total. The van der Waals surface area contributed by atoms with Crippen molar-refractivity contribution in [3.05, 3.63) is 27.8 Å². The average Bonchev–Trinajstić information content (AvgIpc) is 2.32. The zero-order chi connectivity index (χ0) is 17.2. The molecule has 22 heavy (non-hydrogen) atoms. The van der Waals surface area contributed by atoms with Gasteiger partial charge in [-0.2, -0.15) is 0 Å². The van der Waals surface area contributed by atoms with Crippen molar-refractivity contribution >= 4 is 17.7 Å². The fourth-order valence-electron chi connectivity index (χ4n) is 2.35. The Balaban J connectivity index is 3.43. The predicted octanol–water partition coefficient (Wildman–Crippen LogP) is 3.64. The van der Waals surface area contributed by atoms with Crippen molar-refractivity contribution in [2.75, 3.05) is 5.32 Å². The molecule has 0 aliphatic carbocycles. The SMILES string of the molecule is C#Cc1c(C)c(NC(=O)OC(C)(C)C)c(C)c(C(=O)O)c1C. The third-order valence-corrected chi connectivity index (χ3v) is 3.23. The van der Waals surface area contributed by atoms with Crippen LogP contribution in [0.5, 0.6) is 0 Å². The molecule has 0 bridgehead atoms. The standard InChI is InChI=1S/C17H21NO4/c1-8-12-9(2)13(15(19)20)11(4)14(10(12)3)18-16(21)22-17(5,6)7/h1H,2-7H3,(H,18,21)(H,19,20). The summed E-state index contributed by atoms with van der Waals surface area (Å²) in [4.78, 5) is 23.4. The number of benzene rings is 1. The number of carboxylic acids is 1. The molecular formula is C17H21NO4. The van der Waals surface area contributed by atoms with Crippen molar-refractivity contribution in [3.8, 4) is 12.3 Å². The summed E-state index contributed by atoms with van der Waals surface area (Å²) in [6.07, 6.45) is 4.83. The topological polar surface area (TPSA) is 75.6 Å². The van der Waals surface area contributed by atoms with Crippen LogP contribution >= 0.6 is 0 Å².